The smallest absolute Gasteiger partial charge is 0.108 e. The summed E-state index contributed by atoms with van der Waals surface area (Å²) in [5.41, 5.74) is 4.51. The lowest BCUT2D eigenvalue weighted by molar-refractivity contribution is 1.24. The number of nitrogens with zero attached hydrogens (tertiary/aromatic N) is 1. The third-order valence-electron chi connectivity index (χ3n) is 2.82. The zero-order valence-corrected chi connectivity index (χ0v) is 10.9. The molecule has 17 heavy (non-hydrogen) atoms. The second-order valence-corrected chi connectivity index (χ2v) is 5.14. The van der Waals surface area contributed by atoms with E-state index in [1.807, 2.05) is 12.1 Å². The molecule has 0 aliphatic rings. The highest BCUT2D eigenvalue weighted by Crippen LogP contribution is 2.32. The number of halogens is 1. The van der Waals surface area contributed by atoms with Crippen molar-refractivity contribution in [3.8, 4) is 11.3 Å². The first-order chi connectivity index (χ1) is 8.29. The standard InChI is InChI=1S/C13H11ClN2S/c1-8-13(11-7-17-12(6-14)16-11)9-4-2-3-5-10(9)15-8/h2-5,7,15H,6H2,1H3. The highest BCUT2D eigenvalue weighted by atomic mass is 35.5. The SMILES string of the molecule is Cc1[nH]c2ccccc2c1-c1csc(CCl)n1. The zero-order chi connectivity index (χ0) is 11.8. The Morgan fingerprint density at radius 2 is 2.18 bits per heavy atom. The van der Waals surface area contributed by atoms with Crippen molar-refractivity contribution >= 4 is 33.8 Å². The number of aromatic nitrogens is 2. The van der Waals surface area contributed by atoms with Gasteiger partial charge in [0, 0.05) is 27.5 Å². The Kier molecular flexibility index (Phi) is 2.65. The number of alkyl halides is 1. The van der Waals surface area contributed by atoms with Crippen molar-refractivity contribution in [3.63, 3.8) is 0 Å². The molecule has 0 fully saturated rings. The van der Waals surface area contributed by atoms with Gasteiger partial charge in [0.25, 0.3) is 0 Å². The van der Waals surface area contributed by atoms with E-state index in [4.69, 9.17) is 11.6 Å². The number of hydrogen-bond acceptors (Lipinski definition) is 2. The van der Waals surface area contributed by atoms with E-state index in [1.165, 1.54) is 10.9 Å². The van der Waals surface area contributed by atoms with E-state index in [2.05, 4.69) is 34.4 Å². The first-order valence-electron chi connectivity index (χ1n) is 5.37. The summed E-state index contributed by atoms with van der Waals surface area (Å²) in [6.07, 6.45) is 0. The number of aromatic amines is 1. The molecule has 0 bridgehead atoms. The quantitative estimate of drug-likeness (QED) is 0.684. The molecule has 3 aromatic rings. The second-order valence-electron chi connectivity index (χ2n) is 3.93. The van der Waals surface area contributed by atoms with Crippen molar-refractivity contribution in [2.45, 2.75) is 12.8 Å². The molecule has 0 spiro atoms. The number of hydrogen-bond donors (Lipinski definition) is 1. The summed E-state index contributed by atoms with van der Waals surface area (Å²) in [7, 11) is 0. The fourth-order valence-electron chi connectivity index (χ4n) is 2.09. The molecule has 0 saturated carbocycles. The number of H-pyrrole nitrogens is 1. The van der Waals surface area contributed by atoms with Crippen molar-refractivity contribution in [3.05, 3.63) is 40.3 Å². The van der Waals surface area contributed by atoms with Crippen LogP contribution in [0, 0.1) is 6.92 Å². The molecule has 2 nitrogen and oxygen atoms in total. The molecule has 0 amide bonds. The van der Waals surface area contributed by atoms with Gasteiger partial charge in [-0.2, -0.15) is 0 Å². The summed E-state index contributed by atoms with van der Waals surface area (Å²) in [6, 6.07) is 8.29. The fourth-order valence-corrected chi connectivity index (χ4v) is 2.97. The lowest BCUT2D eigenvalue weighted by Gasteiger charge is -1.96. The van der Waals surface area contributed by atoms with E-state index in [-0.39, 0.29) is 0 Å². The van der Waals surface area contributed by atoms with Crippen molar-refractivity contribution in [1.29, 1.82) is 0 Å². The van der Waals surface area contributed by atoms with Crippen LogP contribution in [0.2, 0.25) is 0 Å². The Morgan fingerprint density at radius 1 is 1.35 bits per heavy atom. The van der Waals surface area contributed by atoms with Crippen molar-refractivity contribution in [2.24, 2.45) is 0 Å². The van der Waals surface area contributed by atoms with Crippen LogP contribution in [0.15, 0.2) is 29.6 Å². The van der Waals surface area contributed by atoms with Crippen LogP contribution in [0.1, 0.15) is 10.7 Å². The Hall–Kier alpha value is -1.32. The van der Waals surface area contributed by atoms with Gasteiger partial charge < -0.3 is 4.98 Å². The molecule has 2 aromatic heterocycles. The van der Waals surface area contributed by atoms with Crippen LogP contribution in [0.3, 0.4) is 0 Å². The minimum absolute atomic E-state index is 0.478. The highest BCUT2D eigenvalue weighted by Gasteiger charge is 2.12. The second kappa shape index (κ2) is 4.17. The van der Waals surface area contributed by atoms with Gasteiger partial charge in [-0.05, 0) is 13.0 Å². The van der Waals surface area contributed by atoms with E-state index in [1.54, 1.807) is 11.3 Å². The van der Waals surface area contributed by atoms with Crippen LogP contribution in [0.25, 0.3) is 22.2 Å². The predicted molar refractivity (Wildman–Crippen MR) is 73.7 cm³/mol. The summed E-state index contributed by atoms with van der Waals surface area (Å²) in [5, 5.41) is 4.25. The minimum atomic E-state index is 0.478. The van der Waals surface area contributed by atoms with E-state index < -0.39 is 0 Å². The molecule has 2 heterocycles. The molecular weight excluding hydrogens is 252 g/mol. The molecule has 4 heteroatoms. The van der Waals surface area contributed by atoms with Gasteiger partial charge in [0.05, 0.1) is 11.6 Å². The number of nitrogens with one attached hydrogen (secondary N) is 1. The first-order valence-corrected chi connectivity index (χ1v) is 6.79. The summed E-state index contributed by atoms with van der Waals surface area (Å²) < 4.78 is 0. The molecule has 0 aliphatic carbocycles. The molecule has 1 N–H and O–H groups in total. The third-order valence-corrected chi connectivity index (χ3v) is 4.08. The Morgan fingerprint density at radius 3 is 2.94 bits per heavy atom. The number of fused-ring (bicyclic) bond motifs is 1. The number of thiazole rings is 1. The van der Waals surface area contributed by atoms with Gasteiger partial charge in [0.15, 0.2) is 0 Å². The Balaban J connectivity index is 2.25. The van der Waals surface area contributed by atoms with Crippen LogP contribution in [-0.4, -0.2) is 9.97 Å². The number of para-hydroxylation sites is 1. The molecule has 0 unspecified atom stereocenters. The van der Waals surface area contributed by atoms with Crippen LogP contribution in [0.5, 0.6) is 0 Å². The molecule has 1 aromatic carbocycles. The Labute approximate surface area is 108 Å². The largest absolute Gasteiger partial charge is 0.358 e. The zero-order valence-electron chi connectivity index (χ0n) is 9.33. The van der Waals surface area contributed by atoms with Crippen molar-refractivity contribution in [1.82, 2.24) is 9.97 Å². The normalized spacial score (nSPS) is 11.2. The molecule has 0 aliphatic heterocycles. The first kappa shape index (κ1) is 10.8. The third kappa shape index (κ3) is 1.75. The van der Waals surface area contributed by atoms with Gasteiger partial charge >= 0.3 is 0 Å². The van der Waals surface area contributed by atoms with Gasteiger partial charge in [-0.15, -0.1) is 22.9 Å². The summed E-state index contributed by atoms with van der Waals surface area (Å²) in [5.74, 6) is 0.478. The van der Waals surface area contributed by atoms with Gasteiger partial charge in [0.1, 0.15) is 5.01 Å². The monoisotopic (exact) mass is 262 g/mol. The predicted octanol–water partition coefficient (Wildman–Crippen LogP) is 4.34. The van der Waals surface area contributed by atoms with E-state index in [0.29, 0.717) is 5.88 Å². The number of aryl methyl sites for hydroxylation is 1. The minimum Gasteiger partial charge on any atom is -0.358 e. The summed E-state index contributed by atoms with van der Waals surface area (Å²) in [6.45, 7) is 2.08. The number of benzene rings is 1. The van der Waals surface area contributed by atoms with E-state index in [9.17, 15) is 0 Å². The Bertz CT molecular complexity index is 669. The van der Waals surface area contributed by atoms with Crippen LogP contribution in [-0.2, 0) is 5.88 Å². The van der Waals surface area contributed by atoms with E-state index in [0.717, 1.165) is 21.9 Å². The maximum atomic E-state index is 5.80. The van der Waals surface area contributed by atoms with E-state index >= 15 is 0 Å². The average molecular weight is 263 g/mol. The summed E-state index contributed by atoms with van der Waals surface area (Å²) >= 11 is 7.41. The van der Waals surface area contributed by atoms with Gasteiger partial charge in [-0.25, -0.2) is 4.98 Å². The van der Waals surface area contributed by atoms with Gasteiger partial charge in [0.2, 0.25) is 0 Å². The maximum Gasteiger partial charge on any atom is 0.108 e. The average Bonchev–Trinajstić information content (AvgIpc) is 2.91. The maximum absolute atomic E-state index is 5.80. The lowest BCUT2D eigenvalue weighted by atomic mass is 10.1. The topological polar surface area (TPSA) is 28.7 Å². The van der Waals surface area contributed by atoms with Crippen LogP contribution >= 0.6 is 22.9 Å². The molecular formula is C13H11ClN2S. The number of rotatable bonds is 2. The molecule has 0 atom stereocenters. The highest BCUT2D eigenvalue weighted by molar-refractivity contribution is 7.10. The molecule has 3 rings (SSSR count). The molecule has 86 valence electrons. The van der Waals surface area contributed by atoms with Crippen molar-refractivity contribution < 1.29 is 0 Å². The van der Waals surface area contributed by atoms with Gasteiger partial charge in [-0.1, -0.05) is 18.2 Å². The molecule has 0 saturated heterocycles. The summed E-state index contributed by atoms with van der Waals surface area (Å²) in [4.78, 5) is 7.93. The van der Waals surface area contributed by atoms with Crippen LogP contribution < -0.4 is 0 Å². The molecule has 0 radical (unpaired) electrons. The fraction of sp³-hybridized carbons (Fsp3) is 0.154. The lowest BCUT2D eigenvalue weighted by Crippen LogP contribution is -1.81. The van der Waals surface area contributed by atoms with Crippen LogP contribution in [0.4, 0.5) is 0 Å². The van der Waals surface area contributed by atoms with Gasteiger partial charge in [-0.3, -0.25) is 0 Å². The van der Waals surface area contributed by atoms with Crippen molar-refractivity contribution in [2.75, 3.05) is 0 Å².